The predicted molar refractivity (Wildman–Crippen MR) is 75.5 cm³/mol. The third-order valence-corrected chi connectivity index (χ3v) is 3.49. The Morgan fingerprint density at radius 3 is 2.89 bits per heavy atom. The van der Waals surface area contributed by atoms with Crippen LogP contribution < -0.4 is 5.32 Å². The first kappa shape index (κ1) is 12.4. The lowest BCUT2D eigenvalue weighted by molar-refractivity contribution is 0.546. The number of aromatic nitrogens is 2. The van der Waals surface area contributed by atoms with Crippen molar-refractivity contribution in [2.45, 2.75) is 26.3 Å². The van der Waals surface area contributed by atoms with Crippen molar-refractivity contribution >= 4 is 16.5 Å². The molecule has 0 aliphatic carbocycles. The van der Waals surface area contributed by atoms with Crippen molar-refractivity contribution in [1.29, 1.82) is 0 Å². The van der Waals surface area contributed by atoms with Gasteiger partial charge in [0.05, 0.1) is 11.2 Å². The number of halogens is 1. The molecule has 0 fully saturated rings. The Labute approximate surface area is 112 Å². The molecule has 0 radical (unpaired) electrons. The SMILES string of the molecule is CC(C)n1nc(C2=CCCNC2)c2ccc(F)cc21. The zero-order chi connectivity index (χ0) is 13.4. The summed E-state index contributed by atoms with van der Waals surface area (Å²) >= 11 is 0. The molecule has 0 amide bonds. The van der Waals surface area contributed by atoms with Crippen LogP contribution in [0.3, 0.4) is 0 Å². The Bertz CT molecular complexity index is 640. The summed E-state index contributed by atoms with van der Waals surface area (Å²) in [6, 6.07) is 5.13. The average molecular weight is 259 g/mol. The van der Waals surface area contributed by atoms with Gasteiger partial charge in [-0.2, -0.15) is 5.10 Å². The van der Waals surface area contributed by atoms with E-state index >= 15 is 0 Å². The van der Waals surface area contributed by atoms with Gasteiger partial charge < -0.3 is 5.32 Å². The average Bonchev–Trinajstić information content (AvgIpc) is 2.78. The molecule has 0 saturated heterocycles. The van der Waals surface area contributed by atoms with E-state index in [1.165, 1.54) is 11.6 Å². The molecule has 2 heterocycles. The maximum Gasteiger partial charge on any atom is 0.125 e. The van der Waals surface area contributed by atoms with Crippen molar-refractivity contribution in [3.63, 3.8) is 0 Å². The Balaban J connectivity index is 2.22. The predicted octanol–water partition coefficient (Wildman–Crippen LogP) is 3.13. The van der Waals surface area contributed by atoms with Gasteiger partial charge >= 0.3 is 0 Å². The fourth-order valence-electron chi connectivity index (χ4n) is 2.56. The Morgan fingerprint density at radius 2 is 2.21 bits per heavy atom. The summed E-state index contributed by atoms with van der Waals surface area (Å²) in [6.45, 7) is 5.98. The van der Waals surface area contributed by atoms with Gasteiger partial charge in [-0.25, -0.2) is 4.39 Å². The van der Waals surface area contributed by atoms with Crippen LogP contribution in [-0.4, -0.2) is 22.9 Å². The Morgan fingerprint density at radius 1 is 1.37 bits per heavy atom. The minimum Gasteiger partial charge on any atom is -0.312 e. The minimum atomic E-state index is -0.211. The second-order valence-electron chi connectivity index (χ2n) is 5.24. The summed E-state index contributed by atoms with van der Waals surface area (Å²) in [5, 5.41) is 9.08. The van der Waals surface area contributed by atoms with E-state index in [0.717, 1.165) is 36.1 Å². The molecule has 100 valence electrons. The molecular formula is C15H18FN3. The van der Waals surface area contributed by atoms with Gasteiger partial charge in [-0.15, -0.1) is 0 Å². The summed E-state index contributed by atoms with van der Waals surface area (Å²) in [5.41, 5.74) is 3.06. The van der Waals surface area contributed by atoms with E-state index in [2.05, 4.69) is 25.2 Å². The van der Waals surface area contributed by atoms with Crippen molar-refractivity contribution in [1.82, 2.24) is 15.1 Å². The van der Waals surface area contributed by atoms with Crippen LogP contribution in [0.4, 0.5) is 4.39 Å². The third kappa shape index (κ3) is 2.16. The first-order valence-electron chi connectivity index (χ1n) is 6.74. The molecule has 1 aliphatic rings. The first-order chi connectivity index (χ1) is 9.16. The van der Waals surface area contributed by atoms with Gasteiger partial charge in [0.15, 0.2) is 0 Å². The quantitative estimate of drug-likeness (QED) is 0.898. The van der Waals surface area contributed by atoms with Gasteiger partial charge in [0, 0.05) is 18.0 Å². The van der Waals surface area contributed by atoms with Crippen LogP contribution in [0.2, 0.25) is 0 Å². The smallest absolute Gasteiger partial charge is 0.125 e. The number of hydrogen-bond donors (Lipinski definition) is 1. The molecule has 0 saturated carbocycles. The summed E-state index contributed by atoms with van der Waals surface area (Å²) in [5.74, 6) is -0.211. The van der Waals surface area contributed by atoms with Gasteiger partial charge in [-0.1, -0.05) is 6.08 Å². The molecule has 19 heavy (non-hydrogen) atoms. The number of nitrogens with one attached hydrogen (secondary N) is 1. The first-order valence-corrected chi connectivity index (χ1v) is 6.74. The second-order valence-corrected chi connectivity index (χ2v) is 5.24. The van der Waals surface area contributed by atoms with E-state index in [0.29, 0.717) is 0 Å². The van der Waals surface area contributed by atoms with Crippen LogP contribution in [0.25, 0.3) is 16.5 Å². The zero-order valence-electron chi connectivity index (χ0n) is 11.3. The lowest BCUT2D eigenvalue weighted by Crippen LogP contribution is -2.21. The minimum absolute atomic E-state index is 0.211. The highest BCUT2D eigenvalue weighted by atomic mass is 19.1. The van der Waals surface area contributed by atoms with E-state index in [-0.39, 0.29) is 11.9 Å². The van der Waals surface area contributed by atoms with Gasteiger partial charge in [0.1, 0.15) is 5.82 Å². The Kier molecular flexibility index (Phi) is 3.11. The molecule has 2 aromatic rings. The molecule has 1 N–H and O–H groups in total. The van der Waals surface area contributed by atoms with Crippen LogP contribution >= 0.6 is 0 Å². The molecule has 1 aromatic carbocycles. The highest BCUT2D eigenvalue weighted by molar-refractivity contribution is 5.91. The molecule has 0 bridgehead atoms. The Hall–Kier alpha value is -1.68. The van der Waals surface area contributed by atoms with E-state index in [4.69, 9.17) is 5.10 Å². The number of rotatable bonds is 2. The maximum absolute atomic E-state index is 13.5. The lowest BCUT2D eigenvalue weighted by Gasteiger charge is -2.12. The van der Waals surface area contributed by atoms with Gasteiger partial charge in [-0.05, 0) is 50.6 Å². The highest BCUT2D eigenvalue weighted by Crippen LogP contribution is 2.28. The van der Waals surface area contributed by atoms with E-state index < -0.39 is 0 Å². The van der Waals surface area contributed by atoms with Crippen molar-refractivity contribution < 1.29 is 4.39 Å². The number of fused-ring (bicyclic) bond motifs is 1. The standard InChI is InChI=1S/C15H18FN3/c1-10(2)19-14-8-12(16)5-6-13(14)15(18-19)11-4-3-7-17-9-11/h4-6,8,10,17H,3,7,9H2,1-2H3. The monoisotopic (exact) mass is 259 g/mol. The summed E-state index contributed by atoms with van der Waals surface area (Å²) in [4.78, 5) is 0. The van der Waals surface area contributed by atoms with E-state index in [1.54, 1.807) is 6.07 Å². The maximum atomic E-state index is 13.5. The largest absolute Gasteiger partial charge is 0.312 e. The second kappa shape index (κ2) is 4.78. The highest BCUT2D eigenvalue weighted by Gasteiger charge is 2.17. The molecular weight excluding hydrogens is 241 g/mol. The van der Waals surface area contributed by atoms with Gasteiger partial charge in [-0.3, -0.25) is 4.68 Å². The molecule has 3 nitrogen and oxygen atoms in total. The molecule has 1 aliphatic heterocycles. The summed E-state index contributed by atoms with van der Waals surface area (Å²) in [7, 11) is 0. The van der Waals surface area contributed by atoms with Gasteiger partial charge in [0.25, 0.3) is 0 Å². The summed E-state index contributed by atoms with van der Waals surface area (Å²) < 4.78 is 15.4. The van der Waals surface area contributed by atoms with Crippen LogP contribution in [0, 0.1) is 5.82 Å². The molecule has 3 rings (SSSR count). The molecule has 4 heteroatoms. The van der Waals surface area contributed by atoms with Crippen molar-refractivity contribution in [3.8, 4) is 0 Å². The number of hydrogen-bond acceptors (Lipinski definition) is 2. The van der Waals surface area contributed by atoms with Crippen molar-refractivity contribution in [3.05, 3.63) is 35.8 Å². The van der Waals surface area contributed by atoms with Crippen LogP contribution in [-0.2, 0) is 0 Å². The lowest BCUT2D eigenvalue weighted by atomic mass is 10.0. The third-order valence-electron chi connectivity index (χ3n) is 3.49. The molecule has 0 atom stereocenters. The molecule has 0 spiro atoms. The molecule has 1 aromatic heterocycles. The van der Waals surface area contributed by atoms with Crippen molar-refractivity contribution in [2.75, 3.05) is 13.1 Å². The fourth-order valence-corrected chi connectivity index (χ4v) is 2.56. The van der Waals surface area contributed by atoms with Crippen LogP contribution in [0.5, 0.6) is 0 Å². The van der Waals surface area contributed by atoms with Crippen LogP contribution in [0.1, 0.15) is 32.0 Å². The fraction of sp³-hybridized carbons (Fsp3) is 0.400. The molecule has 0 unspecified atom stereocenters. The van der Waals surface area contributed by atoms with Crippen molar-refractivity contribution in [2.24, 2.45) is 0 Å². The summed E-state index contributed by atoms with van der Waals surface area (Å²) in [6.07, 6.45) is 3.25. The number of nitrogens with zero attached hydrogens (tertiary/aromatic N) is 2. The topological polar surface area (TPSA) is 29.9 Å². The number of benzene rings is 1. The van der Waals surface area contributed by atoms with Gasteiger partial charge in [0.2, 0.25) is 0 Å². The van der Waals surface area contributed by atoms with E-state index in [9.17, 15) is 4.39 Å². The normalized spacial score (nSPS) is 16.1. The van der Waals surface area contributed by atoms with E-state index in [1.807, 2.05) is 10.7 Å². The zero-order valence-corrected chi connectivity index (χ0v) is 11.3. The van der Waals surface area contributed by atoms with Crippen LogP contribution in [0.15, 0.2) is 24.3 Å².